The lowest BCUT2D eigenvalue weighted by atomic mass is 10.1. The van der Waals surface area contributed by atoms with Crippen LogP contribution < -0.4 is 4.90 Å². The first-order valence-electron chi connectivity index (χ1n) is 9.17. The summed E-state index contributed by atoms with van der Waals surface area (Å²) in [6.45, 7) is 6.42. The van der Waals surface area contributed by atoms with Gasteiger partial charge in [0, 0.05) is 57.6 Å². The summed E-state index contributed by atoms with van der Waals surface area (Å²) in [6, 6.07) is 0. The van der Waals surface area contributed by atoms with Gasteiger partial charge >= 0.3 is 5.97 Å². The monoisotopic (exact) mass is 348 g/mol. The van der Waals surface area contributed by atoms with Crippen molar-refractivity contribution in [2.24, 2.45) is 5.92 Å². The molecule has 1 aromatic heterocycles. The number of nitrogens with zero attached hydrogens (tertiary/aromatic N) is 4. The van der Waals surface area contributed by atoms with Gasteiger partial charge in [-0.25, -0.2) is 9.97 Å². The van der Waals surface area contributed by atoms with Crippen molar-refractivity contribution in [1.82, 2.24) is 14.9 Å². The Kier molecular flexibility index (Phi) is 5.86. The van der Waals surface area contributed by atoms with Crippen LogP contribution in [0.2, 0.25) is 0 Å². The Bertz CT molecular complexity index is 623. The summed E-state index contributed by atoms with van der Waals surface area (Å²) >= 11 is 0. The van der Waals surface area contributed by atoms with Crippen LogP contribution in [0.5, 0.6) is 0 Å². The highest BCUT2D eigenvalue weighted by Gasteiger charge is 2.28. The predicted octanol–water partition coefficient (Wildman–Crippen LogP) is 0.997. The molecule has 3 heterocycles. The topological polar surface area (TPSA) is 78.8 Å². The van der Waals surface area contributed by atoms with Gasteiger partial charge in [-0.1, -0.05) is 6.92 Å². The number of anilines is 1. The van der Waals surface area contributed by atoms with E-state index in [0.29, 0.717) is 5.92 Å². The second-order valence-corrected chi connectivity index (χ2v) is 6.97. The first kappa shape index (κ1) is 18.1. The number of carboxylic acids is 1. The molecular weight excluding hydrogens is 320 g/mol. The maximum absolute atomic E-state index is 11.0. The van der Waals surface area contributed by atoms with E-state index in [-0.39, 0.29) is 6.54 Å². The van der Waals surface area contributed by atoms with Gasteiger partial charge in [-0.05, 0) is 12.8 Å². The van der Waals surface area contributed by atoms with Crippen molar-refractivity contribution in [3.05, 3.63) is 17.1 Å². The average Bonchev–Trinajstić information content (AvgIpc) is 2.96. The zero-order valence-corrected chi connectivity index (χ0v) is 15.2. The number of rotatable bonds is 6. The van der Waals surface area contributed by atoms with Crippen LogP contribution in [0.4, 0.5) is 5.82 Å². The molecule has 1 N–H and O–H groups in total. The van der Waals surface area contributed by atoms with E-state index in [1.807, 2.05) is 4.90 Å². The third kappa shape index (κ3) is 4.27. The Labute approximate surface area is 149 Å². The molecular formula is C18H28N4O3. The number of carbonyl (C=O) groups is 1. The molecule has 7 heteroatoms. The van der Waals surface area contributed by atoms with E-state index in [4.69, 9.17) is 19.8 Å². The number of fused-ring (bicyclic) bond motifs is 1. The first-order valence-corrected chi connectivity index (χ1v) is 9.17. The summed E-state index contributed by atoms with van der Waals surface area (Å²) in [5, 5.41) is 9.07. The smallest absolute Gasteiger partial charge is 0.317 e. The van der Waals surface area contributed by atoms with Crippen molar-refractivity contribution in [3.8, 4) is 0 Å². The molecule has 0 saturated carbocycles. The number of aromatic nitrogens is 2. The normalized spacial score (nSPS) is 21.2. The Morgan fingerprint density at radius 1 is 1.28 bits per heavy atom. The highest BCUT2D eigenvalue weighted by atomic mass is 16.5. The molecule has 0 spiro atoms. The minimum absolute atomic E-state index is 0.0943. The quantitative estimate of drug-likeness (QED) is 0.821. The van der Waals surface area contributed by atoms with Crippen molar-refractivity contribution >= 4 is 11.8 Å². The number of methoxy groups -OCH3 is 1. The molecule has 1 atom stereocenters. The highest BCUT2D eigenvalue weighted by molar-refractivity contribution is 5.69. The van der Waals surface area contributed by atoms with Gasteiger partial charge in [0.25, 0.3) is 0 Å². The molecule has 0 aliphatic carbocycles. The molecule has 25 heavy (non-hydrogen) atoms. The van der Waals surface area contributed by atoms with Gasteiger partial charge in [0.1, 0.15) is 11.6 Å². The lowest BCUT2D eigenvalue weighted by Crippen LogP contribution is -2.32. The SMILES string of the molecule is CCc1nc2c(c(N3CCC(COC)C3)n1)CCN(CC(=O)O)CC2. The summed E-state index contributed by atoms with van der Waals surface area (Å²) in [5.41, 5.74) is 2.31. The summed E-state index contributed by atoms with van der Waals surface area (Å²) in [5.74, 6) is 1.73. The van der Waals surface area contributed by atoms with Gasteiger partial charge < -0.3 is 14.7 Å². The van der Waals surface area contributed by atoms with Crippen LogP contribution in [-0.2, 0) is 28.8 Å². The molecule has 1 aromatic rings. The molecule has 7 nitrogen and oxygen atoms in total. The Hall–Kier alpha value is -1.73. The molecule has 0 radical (unpaired) electrons. The number of hydrogen-bond acceptors (Lipinski definition) is 6. The zero-order valence-electron chi connectivity index (χ0n) is 15.2. The van der Waals surface area contributed by atoms with E-state index in [9.17, 15) is 4.79 Å². The highest BCUT2D eigenvalue weighted by Crippen LogP contribution is 2.29. The molecule has 138 valence electrons. The molecule has 2 aliphatic rings. The number of aryl methyl sites for hydroxylation is 1. The van der Waals surface area contributed by atoms with Gasteiger partial charge in [-0.3, -0.25) is 9.69 Å². The lowest BCUT2D eigenvalue weighted by Gasteiger charge is -2.23. The fraction of sp³-hybridized carbons (Fsp3) is 0.722. The minimum Gasteiger partial charge on any atom is -0.480 e. The second kappa shape index (κ2) is 8.10. The second-order valence-electron chi connectivity index (χ2n) is 6.97. The van der Waals surface area contributed by atoms with Gasteiger partial charge in [0.05, 0.1) is 18.8 Å². The average molecular weight is 348 g/mol. The number of aliphatic carboxylic acids is 1. The van der Waals surface area contributed by atoms with Gasteiger partial charge in [-0.2, -0.15) is 0 Å². The Balaban J connectivity index is 1.84. The maximum Gasteiger partial charge on any atom is 0.317 e. The van der Waals surface area contributed by atoms with Crippen molar-refractivity contribution in [2.45, 2.75) is 32.6 Å². The predicted molar refractivity (Wildman–Crippen MR) is 95.1 cm³/mol. The zero-order chi connectivity index (χ0) is 17.8. The molecule has 0 aromatic carbocycles. The fourth-order valence-electron chi connectivity index (χ4n) is 3.84. The largest absolute Gasteiger partial charge is 0.480 e. The third-order valence-electron chi connectivity index (χ3n) is 5.12. The fourth-order valence-corrected chi connectivity index (χ4v) is 3.84. The molecule has 1 fully saturated rings. The van der Waals surface area contributed by atoms with Crippen LogP contribution in [0.25, 0.3) is 0 Å². The van der Waals surface area contributed by atoms with Gasteiger partial charge in [0.15, 0.2) is 0 Å². The lowest BCUT2D eigenvalue weighted by molar-refractivity contribution is -0.138. The molecule has 0 bridgehead atoms. The molecule has 0 amide bonds. The van der Waals surface area contributed by atoms with Crippen molar-refractivity contribution in [2.75, 3.05) is 51.3 Å². The van der Waals surface area contributed by atoms with Crippen LogP contribution in [-0.4, -0.2) is 72.4 Å². The summed E-state index contributed by atoms with van der Waals surface area (Å²) in [4.78, 5) is 25.0. The van der Waals surface area contributed by atoms with Crippen LogP contribution in [0.1, 0.15) is 30.4 Å². The van der Waals surface area contributed by atoms with Crippen molar-refractivity contribution < 1.29 is 14.6 Å². The number of carboxylic acid groups (broad SMARTS) is 1. The summed E-state index contributed by atoms with van der Waals surface area (Å²) in [6.07, 6.45) is 3.54. The third-order valence-corrected chi connectivity index (χ3v) is 5.12. The van der Waals surface area contributed by atoms with Gasteiger partial charge in [-0.15, -0.1) is 0 Å². The van der Waals surface area contributed by atoms with Crippen LogP contribution in [0.15, 0.2) is 0 Å². The summed E-state index contributed by atoms with van der Waals surface area (Å²) < 4.78 is 5.32. The minimum atomic E-state index is -0.770. The van der Waals surface area contributed by atoms with Crippen LogP contribution in [0.3, 0.4) is 0 Å². The Morgan fingerprint density at radius 3 is 2.80 bits per heavy atom. The standard InChI is InChI=1S/C18H28N4O3/c1-3-16-19-15-6-8-21(11-17(23)24)7-5-14(15)18(20-16)22-9-4-13(10-22)12-25-2/h13H,3-12H2,1-2H3,(H,23,24). The molecule has 3 rings (SSSR count). The molecule has 2 aliphatic heterocycles. The van der Waals surface area contributed by atoms with Gasteiger partial charge in [0.2, 0.25) is 0 Å². The first-order chi connectivity index (χ1) is 12.1. The van der Waals surface area contributed by atoms with E-state index < -0.39 is 5.97 Å². The van der Waals surface area contributed by atoms with Crippen LogP contribution in [0, 0.1) is 5.92 Å². The maximum atomic E-state index is 11.0. The van der Waals surface area contributed by atoms with Crippen molar-refractivity contribution in [1.29, 1.82) is 0 Å². The number of ether oxygens (including phenoxy) is 1. The van der Waals surface area contributed by atoms with E-state index in [2.05, 4.69) is 11.8 Å². The molecule has 1 saturated heterocycles. The summed E-state index contributed by atoms with van der Waals surface area (Å²) in [7, 11) is 1.76. The molecule has 1 unspecified atom stereocenters. The van der Waals surface area contributed by atoms with Crippen LogP contribution >= 0.6 is 0 Å². The van der Waals surface area contributed by atoms with E-state index in [1.165, 1.54) is 5.56 Å². The van der Waals surface area contributed by atoms with Crippen molar-refractivity contribution in [3.63, 3.8) is 0 Å². The van der Waals surface area contributed by atoms with E-state index >= 15 is 0 Å². The van der Waals surface area contributed by atoms with E-state index in [0.717, 1.165) is 75.8 Å². The number of hydrogen-bond donors (Lipinski definition) is 1. The van der Waals surface area contributed by atoms with E-state index in [1.54, 1.807) is 7.11 Å². The Morgan fingerprint density at radius 2 is 2.08 bits per heavy atom.